The summed E-state index contributed by atoms with van der Waals surface area (Å²) in [5, 5.41) is 7.61. The maximum Gasteiger partial charge on any atom is 0.0726 e. The molecule has 0 N–H and O–H groups in total. The lowest BCUT2D eigenvalue weighted by Gasteiger charge is -2.32. The van der Waals surface area contributed by atoms with Crippen LogP contribution in [0.3, 0.4) is 0 Å². The summed E-state index contributed by atoms with van der Waals surface area (Å²) in [6.07, 6.45) is 0. The van der Waals surface area contributed by atoms with Crippen molar-refractivity contribution in [1.29, 1.82) is 0 Å². The summed E-state index contributed by atoms with van der Waals surface area (Å²) in [5.41, 5.74) is 18.5. The quantitative estimate of drug-likeness (QED) is 0.167. The van der Waals surface area contributed by atoms with Gasteiger partial charge in [0.1, 0.15) is 0 Å². The summed E-state index contributed by atoms with van der Waals surface area (Å²) in [6, 6.07) is 88.2. The van der Waals surface area contributed by atoms with E-state index in [-0.39, 0.29) is 0 Å². The van der Waals surface area contributed by atoms with Gasteiger partial charge in [0.15, 0.2) is 0 Å². The maximum absolute atomic E-state index is 2.55. The highest BCUT2D eigenvalue weighted by Gasteiger charge is 2.52. The lowest BCUT2D eigenvalue weighted by Crippen LogP contribution is -2.26. The van der Waals surface area contributed by atoms with E-state index in [4.69, 9.17) is 0 Å². The van der Waals surface area contributed by atoms with Crippen molar-refractivity contribution in [2.45, 2.75) is 5.41 Å². The molecule has 11 aromatic carbocycles. The Morgan fingerprint density at radius 1 is 0.308 bits per heavy atom. The smallest absolute Gasteiger partial charge is 0.0726 e. The van der Waals surface area contributed by atoms with Crippen LogP contribution in [0, 0.1) is 0 Å². The van der Waals surface area contributed by atoms with E-state index in [9.17, 15) is 0 Å². The predicted molar refractivity (Wildman–Crippen MR) is 276 cm³/mol. The Morgan fingerprint density at radius 3 is 1.55 bits per heavy atom. The lowest BCUT2D eigenvalue weighted by molar-refractivity contribution is 0.794. The van der Waals surface area contributed by atoms with Gasteiger partial charge in [0, 0.05) is 26.7 Å². The average molecular weight is 842 g/mol. The van der Waals surface area contributed by atoms with Crippen LogP contribution in [-0.4, -0.2) is 0 Å². The number of thiophene rings is 1. The summed E-state index contributed by atoms with van der Waals surface area (Å²) in [4.78, 5) is 2.55. The van der Waals surface area contributed by atoms with Crippen LogP contribution in [0.25, 0.3) is 86.2 Å². The molecule has 0 unspecified atom stereocenters. The monoisotopic (exact) mass is 841 g/mol. The van der Waals surface area contributed by atoms with Crippen LogP contribution in [0.2, 0.25) is 0 Å². The molecule has 14 rings (SSSR count). The molecule has 0 radical (unpaired) electrons. The van der Waals surface area contributed by atoms with E-state index in [0.29, 0.717) is 0 Å². The zero-order valence-electron chi connectivity index (χ0n) is 35.4. The first-order valence-corrected chi connectivity index (χ1v) is 23.3. The van der Waals surface area contributed by atoms with Crippen LogP contribution in [0.5, 0.6) is 0 Å². The number of nitrogens with zero attached hydrogens (tertiary/aromatic N) is 1. The van der Waals surface area contributed by atoms with Crippen LogP contribution < -0.4 is 4.90 Å². The normalized spacial score (nSPS) is 13.0. The Morgan fingerprint density at radius 2 is 0.785 bits per heavy atom. The molecular weight excluding hydrogens is 803 g/mol. The highest BCUT2D eigenvalue weighted by Crippen LogP contribution is 2.65. The molecule has 12 aromatic rings. The fraction of sp³-hybridized carbons (Fsp3) is 0.0159. The molecule has 0 atom stereocenters. The zero-order valence-corrected chi connectivity index (χ0v) is 36.2. The summed E-state index contributed by atoms with van der Waals surface area (Å²) >= 11 is 1.88. The van der Waals surface area contributed by atoms with Gasteiger partial charge in [0.25, 0.3) is 0 Å². The Bertz CT molecular complexity index is 3860. The molecule has 2 heteroatoms. The number of hydrogen-bond acceptors (Lipinski definition) is 2. The Balaban J connectivity index is 0.991. The fourth-order valence-corrected chi connectivity index (χ4v) is 12.9. The SMILES string of the molecule is c1ccc2c(c1)-c1ccccc1C21c2ccccc2-c2c(N(c3ccc(-c4cccc5c(-c6cccc7ccccc67)cccc45)cc3)c3cccc4c3sc3ccccc34)cccc21. The molecule has 2 aliphatic carbocycles. The van der Waals surface area contributed by atoms with E-state index in [2.05, 4.69) is 241 Å². The van der Waals surface area contributed by atoms with Crippen molar-refractivity contribution >= 4 is 70.1 Å². The van der Waals surface area contributed by atoms with Crippen molar-refractivity contribution in [2.24, 2.45) is 0 Å². The minimum Gasteiger partial charge on any atom is -0.308 e. The van der Waals surface area contributed by atoms with Crippen LogP contribution in [0.15, 0.2) is 237 Å². The zero-order chi connectivity index (χ0) is 42.6. The number of benzene rings is 11. The Labute approximate surface area is 381 Å². The van der Waals surface area contributed by atoms with Crippen molar-refractivity contribution < 1.29 is 0 Å². The molecule has 302 valence electrons. The van der Waals surface area contributed by atoms with Gasteiger partial charge in [-0.25, -0.2) is 0 Å². The van der Waals surface area contributed by atoms with Crippen LogP contribution >= 0.6 is 11.3 Å². The van der Waals surface area contributed by atoms with E-state index in [1.807, 2.05) is 11.3 Å². The van der Waals surface area contributed by atoms with Gasteiger partial charge in [-0.05, 0) is 113 Å². The average Bonchev–Trinajstić information content (AvgIpc) is 4.01. The van der Waals surface area contributed by atoms with Gasteiger partial charge in [-0.1, -0.05) is 206 Å². The van der Waals surface area contributed by atoms with E-state index in [1.165, 1.54) is 120 Å². The molecule has 1 spiro atoms. The molecule has 0 bridgehead atoms. The lowest BCUT2D eigenvalue weighted by atomic mass is 9.70. The van der Waals surface area contributed by atoms with Crippen molar-refractivity contribution in [3.63, 3.8) is 0 Å². The number of anilines is 3. The third kappa shape index (κ3) is 5.09. The number of rotatable bonds is 5. The van der Waals surface area contributed by atoms with Gasteiger partial charge in [-0.2, -0.15) is 0 Å². The first kappa shape index (κ1) is 36.4. The molecule has 0 fully saturated rings. The summed E-state index contributed by atoms with van der Waals surface area (Å²) in [7, 11) is 0. The maximum atomic E-state index is 2.55. The predicted octanol–water partition coefficient (Wildman–Crippen LogP) is 17.5. The third-order valence-corrected chi connectivity index (χ3v) is 15.5. The highest BCUT2D eigenvalue weighted by molar-refractivity contribution is 7.26. The first-order valence-electron chi connectivity index (χ1n) is 22.5. The summed E-state index contributed by atoms with van der Waals surface area (Å²) < 4.78 is 2.58. The molecule has 1 nitrogen and oxygen atoms in total. The second kappa shape index (κ2) is 14.0. The van der Waals surface area contributed by atoms with Gasteiger partial charge >= 0.3 is 0 Å². The largest absolute Gasteiger partial charge is 0.308 e. The van der Waals surface area contributed by atoms with Crippen molar-refractivity contribution in [3.05, 3.63) is 259 Å². The summed E-state index contributed by atoms with van der Waals surface area (Å²) in [5.74, 6) is 0. The Kier molecular flexibility index (Phi) is 7.84. The van der Waals surface area contributed by atoms with Gasteiger partial charge in [0.2, 0.25) is 0 Å². The first-order chi connectivity index (χ1) is 32.3. The van der Waals surface area contributed by atoms with Gasteiger partial charge < -0.3 is 4.90 Å². The van der Waals surface area contributed by atoms with Crippen LogP contribution in [0.1, 0.15) is 22.3 Å². The van der Waals surface area contributed by atoms with E-state index in [0.717, 1.165) is 5.69 Å². The fourth-order valence-electron chi connectivity index (χ4n) is 11.7. The van der Waals surface area contributed by atoms with E-state index in [1.54, 1.807) is 0 Å². The van der Waals surface area contributed by atoms with Crippen LogP contribution in [-0.2, 0) is 5.41 Å². The minimum absolute atomic E-state index is 0.437. The minimum atomic E-state index is -0.437. The molecule has 1 aromatic heterocycles. The highest BCUT2D eigenvalue weighted by atomic mass is 32.1. The second-order valence-electron chi connectivity index (χ2n) is 17.5. The van der Waals surface area contributed by atoms with Gasteiger partial charge in [-0.3, -0.25) is 0 Å². The third-order valence-electron chi connectivity index (χ3n) is 14.3. The van der Waals surface area contributed by atoms with Crippen molar-refractivity contribution in [1.82, 2.24) is 0 Å². The van der Waals surface area contributed by atoms with Gasteiger partial charge in [-0.15, -0.1) is 11.3 Å². The van der Waals surface area contributed by atoms with Crippen molar-refractivity contribution in [2.75, 3.05) is 4.90 Å². The van der Waals surface area contributed by atoms with Gasteiger partial charge in [0.05, 0.1) is 21.5 Å². The Hall–Kier alpha value is -8.04. The molecule has 1 heterocycles. The molecular formula is C63H39NS. The number of hydrogen-bond donors (Lipinski definition) is 0. The van der Waals surface area contributed by atoms with E-state index < -0.39 is 5.41 Å². The summed E-state index contributed by atoms with van der Waals surface area (Å²) in [6.45, 7) is 0. The molecule has 0 saturated carbocycles. The second-order valence-corrected chi connectivity index (χ2v) is 18.5. The molecule has 65 heavy (non-hydrogen) atoms. The molecule has 2 aliphatic rings. The van der Waals surface area contributed by atoms with Crippen LogP contribution in [0.4, 0.5) is 17.1 Å². The topological polar surface area (TPSA) is 3.24 Å². The number of fused-ring (bicyclic) bond motifs is 15. The molecule has 0 aliphatic heterocycles. The van der Waals surface area contributed by atoms with Crippen molar-refractivity contribution in [3.8, 4) is 44.5 Å². The van der Waals surface area contributed by atoms with E-state index >= 15 is 0 Å². The molecule has 0 amide bonds. The standard InChI is InChI=1S/C63H39NS/c1-2-18-43-40(16-1)17-11-24-45(43)48-27-13-25-46-44(23-12-26-47(46)48)41-36-38-42(39-37-41)64(59-34-14-28-52-51-21-6-10-35-60(51)65-62(52)59)58-33-15-32-57-61(58)53-22-5-9-31-56(53)63(57)54-29-7-3-19-49(54)50-20-4-8-30-55(50)63/h1-39H. The molecule has 0 saturated heterocycles.